The molecule has 15 heavy (non-hydrogen) atoms. The van der Waals surface area contributed by atoms with Gasteiger partial charge in [-0.15, -0.1) is 0 Å². The molecule has 0 saturated carbocycles. The molecule has 0 aromatic rings. The predicted octanol–water partition coefficient (Wildman–Crippen LogP) is 2.16. The van der Waals surface area contributed by atoms with E-state index < -0.39 is 0 Å². The lowest BCUT2D eigenvalue weighted by Gasteiger charge is -2.23. The molecular formula is C12H25NO2. The lowest BCUT2D eigenvalue weighted by Crippen LogP contribution is -2.34. The van der Waals surface area contributed by atoms with Crippen LogP contribution >= 0.6 is 0 Å². The van der Waals surface area contributed by atoms with Gasteiger partial charge in [-0.25, -0.2) is 0 Å². The monoisotopic (exact) mass is 215 g/mol. The maximum Gasteiger partial charge on any atom is 0.225 e. The van der Waals surface area contributed by atoms with Gasteiger partial charge < -0.3 is 9.64 Å². The predicted molar refractivity (Wildman–Crippen MR) is 62.7 cm³/mol. The normalized spacial score (nSPS) is 12.9. The first-order valence-corrected chi connectivity index (χ1v) is 5.74. The molecule has 0 saturated heterocycles. The van der Waals surface area contributed by atoms with Crippen LogP contribution in [0.15, 0.2) is 0 Å². The van der Waals surface area contributed by atoms with Crippen LogP contribution in [0.5, 0.6) is 0 Å². The minimum absolute atomic E-state index is 0.123. The molecule has 0 radical (unpaired) electrons. The van der Waals surface area contributed by atoms with Crippen LogP contribution in [0.25, 0.3) is 0 Å². The van der Waals surface area contributed by atoms with Gasteiger partial charge in [0.2, 0.25) is 5.91 Å². The summed E-state index contributed by atoms with van der Waals surface area (Å²) in [5.74, 6) is 0.791. The largest absolute Gasteiger partial charge is 0.385 e. The van der Waals surface area contributed by atoms with Crippen molar-refractivity contribution < 1.29 is 9.53 Å². The Morgan fingerprint density at radius 2 is 1.87 bits per heavy atom. The third kappa shape index (κ3) is 5.78. The summed E-state index contributed by atoms with van der Waals surface area (Å²) in [5, 5.41) is 0. The van der Waals surface area contributed by atoms with Crippen molar-refractivity contribution in [1.29, 1.82) is 0 Å². The summed E-state index contributed by atoms with van der Waals surface area (Å²) in [6.45, 7) is 7.78. The van der Waals surface area contributed by atoms with Gasteiger partial charge in [0.15, 0.2) is 0 Å². The highest BCUT2D eigenvalue weighted by molar-refractivity contribution is 5.78. The first-order chi connectivity index (χ1) is 7.00. The Balaban J connectivity index is 3.78. The van der Waals surface area contributed by atoms with Crippen molar-refractivity contribution in [2.24, 2.45) is 11.8 Å². The van der Waals surface area contributed by atoms with Gasteiger partial charge >= 0.3 is 0 Å². The Labute approximate surface area is 93.8 Å². The summed E-state index contributed by atoms with van der Waals surface area (Å²) < 4.78 is 4.97. The van der Waals surface area contributed by atoms with Gasteiger partial charge in [-0.05, 0) is 18.8 Å². The van der Waals surface area contributed by atoms with E-state index in [1.54, 1.807) is 7.11 Å². The molecule has 0 fully saturated rings. The summed E-state index contributed by atoms with van der Waals surface area (Å²) >= 11 is 0. The zero-order valence-electron chi connectivity index (χ0n) is 10.7. The maximum absolute atomic E-state index is 11.8. The maximum atomic E-state index is 11.8. The minimum Gasteiger partial charge on any atom is -0.385 e. The molecule has 3 heteroatoms. The molecule has 0 heterocycles. The summed E-state index contributed by atoms with van der Waals surface area (Å²) in [7, 11) is 3.59. The van der Waals surface area contributed by atoms with Crippen molar-refractivity contribution in [2.45, 2.75) is 33.6 Å². The number of carbonyl (C=O) groups excluding carboxylic acids is 1. The van der Waals surface area contributed by atoms with Crippen LogP contribution in [0.3, 0.4) is 0 Å². The molecule has 0 aliphatic heterocycles. The second kappa shape index (κ2) is 7.69. The lowest BCUT2D eigenvalue weighted by atomic mass is 9.97. The van der Waals surface area contributed by atoms with Gasteiger partial charge in [0.1, 0.15) is 0 Å². The first-order valence-electron chi connectivity index (χ1n) is 5.74. The number of carbonyl (C=O) groups is 1. The van der Waals surface area contributed by atoms with E-state index in [4.69, 9.17) is 4.74 Å². The molecule has 0 aliphatic carbocycles. The Hall–Kier alpha value is -0.570. The average Bonchev–Trinajstić information content (AvgIpc) is 2.21. The summed E-state index contributed by atoms with van der Waals surface area (Å²) in [4.78, 5) is 13.7. The molecule has 0 N–H and O–H groups in total. The highest BCUT2D eigenvalue weighted by atomic mass is 16.5. The van der Waals surface area contributed by atoms with Crippen molar-refractivity contribution in [3.8, 4) is 0 Å². The fraction of sp³-hybridized carbons (Fsp3) is 0.917. The van der Waals surface area contributed by atoms with Crippen LogP contribution in [-0.2, 0) is 9.53 Å². The van der Waals surface area contributed by atoms with Gasteiger partial charge in [0, 0.05) is 33.2 Å². The van der Waals surface area contributed by atoms with Crippen molar-refractivity contribution in [1.82, 2.24) is 4.90 Å². The van der Waals surface area contributed by atoms with Gasteiger partial charge in [0.25, 0.3) is 0 Å². The molecule has 1 unspecified atom stereocenters. The number of methoxy groups -OCH3 is 1. The van der Waals surface area contributed by atoms with E-state index in [0.717, 1.165) is 26.0 Å². The highest BCUT2D eigenvalue weighted by Crippen LogP contribution is 2.12. The Bertz CT molecular complexity index is 180. The van der Waals surface area contributed by atoms with Gasteiger partial charge in [-0.1, -0.05) is 20.8 Å². The number of unbranched alkanes of at least 4 members (excludes halogenated alkanes) is 1. The minimum atomic E-state index is 0.123. The third-order valence-corrected chi connectivity index (χ3v) is 2.86. The standard InChI is InChI=1S/C12H25NO2/c1-10(2)11(3)12(14)13(4)8-6-7-9-15-5/h10-11H,6-9H2,1-5H3. The van der Waals surface area contributed by atoms with E-state index in [2.05, 4.69) is 13.8 Å². The average molecular weight is 215 g/mol. The molecule has 0 spiro atoms. The van der Waals surface area contributed by atoms with Crippen LogP contribution in [0.4, 0.5) is 0 Å². The molecule has 0 aromatic carbocycles. The molecule has 1 amide bonds. The lowest BCUT2D eigenvalue weighted by molar-refractivity contribution is -0.135. The first kappa shape index (κ1) is 14.4. The second-order valence-electron chi connectivity index (χ2n) is 4.49. The van der Waals surface area contributed by atoms with E-state index in [1.165, 1.54) is 0 Å². The van der Waals surface area contributed by atoms with Gasteiger partial charge in [-0.3, -0.25) is 4.79 Å². The van der Waals surface area contributed by atoms with E-state index in [1.807, 2.05) is 18.9 Å². The second-order valence-corrected chi connectivity index (χ2v) is 4.49. The Morgan fingerprint density at radius 1 is 1.27 bits per heavy atom. The van der Waals surface area contributed by atoms with Crippen molar-refractivity contribution in [3.63, 3.8) is 0 Å². The van der Waals surface area contributed by atoms with Crippen LogP contribution in [0.1, 0.15) is 33.6 Å². The van der Waals surface area contributed by atoms with E-state index in [-0.39, 0.29) is 11.8 Å². The molecular weight excluding hydrogens is 190 g/mol. The van der Waals surface area contributed by atoms with Crippen molar-refractivity contribution in [3.05, 3.63) is 0 Å². The van der Waals surface area contributed by atoms with Gasteiger partial charge in [0.05, 0.1) is 0 Å². The van der Waals surface area contributed by atoms with Crippen LogP contribution in [0.2, 0.25) is 0 Å². The third-order valence-electron chi connectivity index (χ3n) is 2.86. The van der Waals surface area contributed by atoms with Gasteiger partial charge in [-0.2, -0.15) is 0 Å². The van der Waals surface area contributed by atoms with Crippen molar-refractivity contribution >= 4 is 5.91 Å². The summed E-state index contributed by atoms with van der Waals surface area (Å²) in [6, 6.07) is 0. The fourth-order valence-electron chi connectivity index (χ4n) is 1.34. The fourth-order valence-corrected chi connectivity index (χ4v) is 1.34. The zero-order valence-corrected chi connectivity index (χ0v) is 10.7. The van der Waals surface area contributed by atoms with Crippen LogP contribution in [-0.4, -0.2) is 38.1 Å². The molecule has 0 rings (SSSR count). The molecule has 0 aliphatic rings. The number of nitrogens with zero attached hydrogens (tertiary/aromatic N) is 1. The molecule has 0 aromatic heterocycles. The molecule has 3 nitrogen and oxygen atoms in total. The number of hydrogen-bond donors (Lipinski definition) is 0. The van der Waals surface area contributed by atoms with E-state index in [9.17, 15) is 4.79 Å². The highest BCUT2D eigenvalue weighted by Gasteiger charge is 2.19. The smallest absolute Gasteiger partial charge is 0.225 e. The van der Waals surface area contributed by atoms with Crippen LogP contribution < -0.4 is 0 Å². The zero-order chi connectivity index (χ0) is 11.8. The van der Waals surface area contributed by atoms with E-state index in [0.29, 0.717) is 5.92 Å². The van der Waals surface area contributed by atoms with Crippen molar-refractivity contribution in [2.75, 3.05) is 27.3 Å². The summed E-state index contributed by atoms with van der Waals surface area (Å²) in [5.41, 5.74) is 0. The van der Waals surface area contributed by atoms with E-state index >= 15 is 0 Å². The number of amides is 1. The molecule has 0 bridgehead atoms. The quantitative estimate of drug-likeness (QED) is 0.609. The number of rotatable bonds is 7. The Kier molecular flexibility index (Phi) is 7.39. The Morgan fingerprint density at radius 3 is 2.33 bits per heavy atom. The number of hydrogen-bond acceptors (Lipinski definition) is 2. The number of ether oxygens (including phenoxy) is 1. The molecule has 90 valence electrons. The molecule has 1 atom stereocenters. The SMILES string of the molecule is COCCCCN(C)C(=O)C(C)C(C)C. The topological polar surface area (TPSA) is 29.5 Å². The van der Waals surface area contributed by atoms with Crippen LogP contribution in [0, 0.1) is 11.8 Å². The summed E-state index contributed by atoms with van der Waals surface area (Å²) in [6.07, 6.45) is 2.03.